The first-order valence-electron chi connectivity index (χ1n) is 3.31. The quantitative estimate of drug-likeness (QED) is 0.661. The monoisotopic (exact) mass is 216 g/mol. The molecular weight excluding hydrogens is 208 g/mol. The maximum Gasteiger partial charge on any atom is 0.161 e. The summed E-state index contributed by atoms with van der Waals surface area (Å²) in [5.41, 5.74) is 0. The molecule has 0 saturated heterocycles. The second kappa shape index (κ2) is 3.62. The third-order valence-electron chi connectivity index (χ3n) is 1.45. The van der Waals surface area contributed by atoms with Crippen LogP contribution in [0, 0.1) is 0 Å². The first kappa shape index (κ1) is 8.40. The van der Waals surface area contributed by atoms with Crippen LogP contribution in [0.25, 0.3) is 0 Å². The van der Waals surface area contributed by atoms with Crippen LogP contribution < -0.4 is 9.47 Å². The highest BCUT2D eigenvalue weighted by atomic mass is 79.9. The highest BCUT2D eigenvalue weighted by Gasteiger charge is 2.07. The van der Waals surface area contributed by atoms with Gasteiger partial charge in [0.25, 0.3) is 0 Å². The lowest BCUT2D eigenvalue weighted by atomic mass is 10.3. The average Bonchev–Trinajstić information content (AvgIpc) is 2.05. The Morgan fingerprint density at radius 2 is 1.36 bits per heavy atom. The number of para-hydroxylation sites is 2. The average molecular weight is 217 g/mol. The second-order valence-electron chi connectivity index (χ2n) is 2.14. The van der Waals surface area contributed by atoms with E-state index in [0.717, 1.165) is 11.5 Å². The van der Waals surface area contributed by atoms with Gasteiger partial charge in [-0.1, -0.05) is 12.1 Å². The van der Waals surface area contributed by atoms with Gasteiger partial charge >= 0.3 is 0 Å². The van der Waals surface area contributed by atoms with E-state index >= 15 is 0 Å². The van der Waals surface area contributed by atoms with Crippen LogP contribution in [0.3, 0.4) is 0 Å². The molecule has 0 atom stereocenters. The van der Waals surface area contributed by atoms with Gasteiger partial charge in [0.2, 0.25) is 0 Å². The summed E-state index contributed by atoms with van der Waals surface area (Å²) in [5, 5.41) is 0. The van der Waals surface area contributed by atoms with Crippen molar-refractivity contribution in [3.8, 4) is 11.5 Å². The van der Waals surface area contributed by atoms with Crippen molar-refractivity contribution in [2.45, 2.75) is 0 Å². The van der Waals surface area contributed by atoms with Crippen LogP contribution in [0.2, 0.25) is 0 Å². The Morgan fingerprint density at radius 1 is 0.909 bits per heavy atom. The normalized spacial score (nSPS) is 13.5. The van der Waals surface area contributed by atoms with Crippen molar-refractivity contribution in [2.75, 3.05) is 13.2 Å². The van der Waals surface area contributed by atoms with E-state index in [2.05, 4.69) is 0 Å². The van der Waals surface area contributed by atoms with Gasteiger partial charge in [0.1, 0.15) is 13.2 Å². The molecule has 11 heavy (non-hydrogen) atoms. The SMILES string of the molecule is Br.c1ccc2c(c1)OCCO2. The molecule has 0 aliphatic carbocycles. The van der Waals surface area contributed by atoms with Crippen LogP contribution in [-0.4, -0.2) is 13.2 Å². The zero-order chi connectivity index (χ0) is 6.81. The highest BCUT2D eigenvalue weighted by molar-refractivity contribution is 8.93. The fraction of sp³-hybridized carbons (Fsp3) is 0.250. The van der Waals surface area contributed by atoms with Gasteiger partial charge in [-0.2, -0.15) is 0 Å². The van der Waals surface area contributed by atoms with E-state index < -0.39 is 0 Å². The van der Waals surface area contributed by atoms with Gasteiger partial charge in [0.05, 0.1) is 0 Å². The Morgan fingerprint density at radius 3 is 1.82 bits per heavy atom. The summed E-state index contributed by atoms with van der Waals surface area (Å²) in [6, 6.07) is 7.70. The van der Waals surface area contributed by atoms with Gasteiger partial charge in [0, 0.05) is 0 Å². The highest BCUT2D eigenvalue weighted by Crippen LogP contribution is 2.28. The number of halogens is 1. The van der Waals surface area contributed by atoms with Crippen molar-refractivity contribution in [3.05, 3.63) is 24.3 Å². The largest absolute Gasteiger partial charge is 0.486 e. The van der Waals surface area contributed by atoms with Gasteiger partial charge in [-0.3, -0.25) is 0 Å². The Labute approximate surface area is 75.9 Å². The summed E-state index contributed by atoms with van der Waals surface area (Å²) < 4.78 is 10.6. The molecule has 1 aromatic carbocycles. The van der Waals surface area contributed by atoms with Gasteiger partial charge in [-0.15, -0.1) is 17.0 Å². The first-order valence-corrected chi connectivity index (χ1v) is 3.31. The minimum Gasteiger partial charge on any atom is -0.486 e. The van der Waals surface area contributed by atoms with E-state index in [1.54, 1.807) is 0 Å². The number of fused-ring (bicyclic) bond motifs is 1. The molecule has 0 N–H and O–H groups in total. The van der Waals surface area contributed by atoms with E-state index in [1.165, 1.54) is 0 Å². The summed E-state index contributed by atoms with van der Waals surface area (Å²) >= 11 is 0. The number of ether oxygens (including phenoxy) is 2. The fourth-order valence-corrected chi connectivity index (χ4v) is 0.992. The van der Waals surface area contributed by atoms with E-state index in [1.807, 2.05) is 24.3 Å². The van der Waals surface area contributed by atoms with Gasteiger partial charge in [0.15, 0.2) is 11.5 Å². The van der Waals surface area contributed by atoms with Crippen molar-refractivity contribution in [1.29, 1.82) is 0 Å². The third-order valence-corrected chi connectivity index (χ3v) is 1.45. The van der Waals surface area contributed by atoms with Crippen molar-refractivity contribution in [2.24, 2.45) is 0 Å². The second-order valence-corrected chi connectivity index (χ2v) is 2.14. The van der Waals surface area contributed by atoms with Crippen LogP contribution in [0.15, 0.2) is 24.3 Å². The Balaban J connectivity index is 0.000000605. The summed E-state index contributed by atoms with van der Waals surface area (Å²) in [7, 11) is 0. The molecule has 0 saturated carbocycles. The lowest BCUT2D eigenvalue weighted by molar-refractivity contribution is 0.171. The molecule has 1 aliphatic rings. The topological polar surface area (TPSA) is 18.5 Å². The molecule has 0 radical (unpaired) electrons. The summed E-state index contributed by atoms with van der Waals surface area (Å²) in [6.45, 7) is 1.33. The third kappa shape index (κ3) is 1.66. The summed E-state index contributed by atoms with van der Waals surface area (Å²) in [4.78, 5) is 0. The fourth-order valence-electron chi connectivity index (χ4n) is 0.992. The van der Waals surface area contributed by atoms with Crippen molar-refractivity contribution in [1.82, 2.24) is 0 Å². The maximum absolute atomic E-state index is 5.30. The number of rotatable bonds is 0. The van der Waals surface area contributed by atoms with E-state index in [4.69, 9.17) is 9.47 Å². The summed E-state index contributed by atoms with van der Waals surface area (Å²) in [6.07, 6.45) is 0. The zero-order valence-corrected chi connectivity index (χ0v) is 7.66. The smallest absolute Gasteiger partial charge is 0.161 e. The van der Waals surface area contributed by atoms with Crippen LogP contribution in [0.5, 0.6) is 11.5 Å². The Kier molecular flexibility index (Phi) is 2.76. The van der Waals surface area contributed by atoms with Gasteiger partial charge in [-0.25, -0.2) is 0 Å². The molecule has 0 amide bonds. The molecule has 1 aromatic rings. The minimum atomic E-state index is 0. The molecule has 0 unspecified atom stereocenters. The lowest BCUT2D eigenvalue weighted by Gasteiger charge is -2.17. The Bertz CT molecular complexity index is 212. The predicted molar refractivity (Wildman–Crippen MR) is 47.8 cm³/mol. The first-order chi connectivity index (χ1) is 4.97. The van der Waals surface area contributed by atoms with Crippen LogP contribution in [0.1, 0.15) is 0 Å². The molecule has 0 aromatic heterocycles. The number of benzene rings is 1. The van der Waals surface area contributed by atoms with Crippen molar-refractivity contribution >= 4 is 17.0 Å². The lowest BCUT2D eigenvalue weighted by Crippen LogP contribution is -2.14. The predicted octanol–water partition coefficient (Wildman–Crippen LogP) is 2.04. The minimum absolute atomic E-state index is 0. The maximum atomic E-state index is 5.30. The standard InChI is InChI=1S/C8H8O2.BrH/c1-2-4-8-7(3-1)9-5-6-10-8;/h1-4H,5-6H2;1H. The molecule has 2 rings (SSSR count). The van der Waals surface area contributed by atoms with Crippen LogP contribution in [-0.2, 0) is 0 Å². The molecule has 0 bridgehead atoms. The molecule has 1 aliphatic heterocycles. The molecule has 2 nitrogen and oxygen atoms in total. The molecule has 0 spiro atoms. The molecule has 1 heterocycles. The molecule has 0 fully saturated rings. The molecular formula is C8H9BrO2. The van der Waals surface area contributed by atoms with Crippen LogP contribution >= 0.6 is 17.0 Å². The zero-order valence-electron chi connectivity index (χ0n) is 5.95. The van der Waals surface area contributed by atoms with E-state index in [0.29, 0.717) is 13.2 Å². The molecule has 60 valence electrons. The van der Waals surface area contributed by atoms with Gasteiger partial charge in [-0.05, 0) is 12.1 Å². The number of hydrogen-bond acceptors (Lipinski definition) is 2. The van der Waals surface area contributed by atoms with Crippen LogP contribution in [0.4, 0.5) is 0 Å². The summed E-state index contributed by atoms with van der Waals surface area (Å²) in [5.74, 6) is 1.71. The van der Waals surface area contributed by atoms with E-state index in [-0.39, 0.29) is 17.0 Å². The Hall–Kier alpha value is -0.700. The van der Waals surface area contributed by atoms with E-state index in [9.17, 15) is 0 Å². The number of hydrogen-bond donors (Lipinski definition) is 0. The van der Waals surface area contributed by atoms with Gasteiger partial charge < -0.3 is 9.47 Å². The van der Waals surface area contributed by atoms with Crippen molar-refractivity contribution in [3.63, 3.8) is 0 Å². The molecule has 3 heteroatoms. The van der Waals surface area contributed by atoms with Crippen molar-refractivity contribution < 1.29 is 9.47 Å².